The normalized spacial score (nSPS) is 10.1. The molecule has 0 radical (unpaired) electrons. The van der Waals surface area contributed by atoms with Gasteiger partial charge in [-0.3, -0.25) is 4.79 Å². The molecule has 2 aromatic rings. The summed E-state index contributed by atoms with van der Waals surface area (Å²) in [5, 5.41) is 11.3. The number of benzene rings is 1. The number of rotatable bonds is 6. The van der Waals surface area contributed by atoms with Crippen molar-refractivity contribution in [1.29, 1.82) is 5.26 Å². The fourth-order valence-corrected chi connectivity index (χ4v) is 2.14. The van der Waals surface area contributed by atoms with Gasteiger partial charge in [-0.05, 0) is 24.3 Å². The summed E-state index contributed by atoms with van der Waals surface area (Å²) < 4.78 is 18.3. The standard InChI is InChI=1S/C14H12FN3O2S/c15-11-4-2-10(3-5-11)12-8-18-14(20-12)21-9-13(19)17-7-1-6-16/h2-5,8H,1,7,9H2,(H,17,19). The lowest BCUT2D eigenvalue weighted by Crippen LogP contribution is -2.25. The Morgan fingerprint density at radius 3 is 2.90 bits per heavy atom. The average Bonchev–Trinajstić information content (AvgIpc) is 2.95. The topological polar surface area (TPSA) is 78.9 Å². The lowest BCUT2D eigenvalue weighted by molar-refractivity contribution is -0.118. The fraction of sp³-hybridized carbons (Fsp3) is 0.214. The Balaban J connectivity index is 1.87. The quantitative estimate of drug-likeness (QED) is 0.655. The maximum Gasteiger partial charge on any atom is 0.256 e. The molecule has 5 nitrogen and oxygen atoms in total. The van der Waals surface area contributed by atoms with E-state index >= 15 is 0 Å². The predicted octanol–water partition coefficient (Wildman–Crippen LogP) is 2.60. The molecule has 0 aliphatic heterocycles. The highest BCUT2D eigenvalue weighted by Crippen LogP contribution is 2.25. The number of amides is 1. The summed E-state index contributed by atoms with van der Waals surface area (Å²) in [6.45, 7) is 0.336. The fourth-order valence-electron chi connectivity index (χ4n) is 1.51. The van der Waals surface area contributed by atoms with Gasteiger partial charge in [0.1, 0.15) is 5.82 Å². The molecule has 0 atom stereocenters. The van der Waals surface area contributed by atoms with Crippen molar-refractivity contribution < 1.29 is 13.6 Å². The van der Waals surface area contributed by atoms with Crippen molar-refractivity contribution in [1.82, 2.24) is 10.3 Å². The van der Waals surface area contributed by atoms with Gasteiger partial charge in [0.25, 0.3) is 5.22 Å². The molecular formula is C14H12FN3O2S. The number of oxazole rings is 1. The first-order valence-electron chi connectivity index (χ1n) is 6.17. The third-order valence-electron chi connectivity index (χ3n) is 2.50. The third kappa shape index (κ3) is 4.61. The van der Waals surface area contributed by atoms with Gasteiger partial charge in [-0.1, -0.05) is 11.8 Å². The maximum absolute atomic E-state index is 12.8. The molecule has 0 aliphatic rings. The van der Waals surface area contributed by atoms with Crippen molar-refractivity contribution >= 4 is 17.7 Å². The van der Waals surface area contributed by atoms with Gasteiger partial charge < -0.3 is 9.73 Å². The van der Waals surface area contributed by atoms with Crippen LogP contribution < -0.4 is 5.32 Å². The van der Waals surface area contributed by atoms with Crippen LogP contribution in [0.4, 0.5) is 4.39 Å². The van der Waals surface area contributed by atoms with Crippen molar-refractivity contribution in [2.24, 2.45) is 0 Å². The summed E-state index contributed by atoms with van der Waals surface area (Å²) in [7, 11) is 0. The van der Waals surface area contributed by atoms with Crippen LogP contribution in [0.5, 0.6) is 0 Å². The smallest absolute Gasteiger partial charge is 0.256 e. The SMILES string of the molecule is N#CCCNC(=O)CSc1ncc(-c2ccc(F)cc2)o1. The van der Waals surface area contributed by atoms with Gasteiger partial charge in [-0.15, -0.1) is 0 Å². The third-order valence-corrected chi connectivity index (χ3v) is 3.34. The van der Waals surface area contributed by atoms with E-state index in [0.29, 0.717) is 23.1 Å². The number of aromatic nitrogens is 1. The van der Waals surface area contributed by atoms with Crippen molar-refractivity contribution in [2.45, 2.75) is 11.6 Å². The number of halogens is 1. The maximum atomic E-state index is 12.8. The number of nitrogens with zero attached hydrogens (tertiary/aromatic N) is 2. The molecule has 1 amide bonds. The Labute approximate surface area is 125 Å². The molecular weight excluding hydrogens is 293 g/mol. The Morgan fingerprint density at radius 1 is 1.43 bits per heavy atom. The van der Waals surface area contributed by atoms with Crippen LogP contribution in [0.1, 0.15) is 6.42 Å². The molecule has 0 saturated heterocycles. The van der Waals surface area contributed by atoms with E-state index in [1.165, 1.54) is 18.3 Å². The van der Waals surface area contributed by atoms with E-state index in [0.717, 1.165) is 11.8 Å². The van der Waals surface area contributed by atoms with Gasteiger partial charge in [-0.25, -0.2) is 9.37 Å². The molecule has 0 spiro atoms. The number of carbonyl (C=O) groups excluding carboxylic acids is 1. The molecule has 1 aromatic carbocycles. The second-order valence-electron chi connectivity index (χ2n) is 4.04. The molecule has 2 rings (SSSR count). The molecule has 0 aliphatic carbocycles. The van der Waals surface area contributed by atoms with Crippen LogP contribution in [0.15, 0.2) is 40.1 Å². The summed E-state index contributed by atoms with van der Waals surface area (Å²) in [6.07, 6.45) is 1.81. The van der Waals surface area contributed by atoms with Gasteiger partial charge in [-0.2, -0.15) is 5.26 Å². The summed E-state index contributed by atoms with van der Waals surface area (Å²) >= 11 is 1.16. The lowest BCUT2D eigenvalue weighted by Gasteiger charge is -2.00. The zero-order chi connectivity index (χ0) is 15.1. The largest absolute Gasteiger partial charge is 0.431 e. The number of hydrogen-bond acceptors (Lipinski definition) is 5. The number of carbonyl (C=O) groups is 1. The summed E-state index contributed by atoms with van der Waals surface area (Å²) in [6, 6.07) is 7.82. The first-order chi connectivity index (χ1) is 10.2. The van der Waals surface area contributed by atoms with Crippen LogP contribution >= 0.6 is 11.8 Å². The Morgan fingerprint density at radius 2 is 2.19 bits per heavy atom. The van der Waals surface area contributed by atoms with Crippen LogP contribution in [0.2, 0.25) is 0 Å². The van der Waals surface area contributed by atoms with E-state index in [1.54, 1.807) is 12.1 Å². The van der Waals surface area contributed by atoms with Crippen LogP contribution in [0, 0.1) is 17.1 Å². The molecule has 0 saturated carbocycles. The van der Waals surface area contributed by atoms with Crippen LogP contribution in [0.25, 0.3) is 11.3 Å². The Hall–Kier alpha value is -2.33. The van der Waals surface area contributed by atoms with E-state index in [4.69, 9.17) is 9.68 Å². The van der Waals surface area contributed by atoms with Gasteiger partial charge in [0.15, 0.2) is 5.76 Å². The zero-order valence-corrected chi connectivity index (χ0v) is 11.8. The molecule has 7 heteroatoms. The monoisotopic (exact) mass is 305 g/mol. The molecule has 108 valence electrons. The highest BCUT2D eigenvalue weighted by atomic mass is 32.2. The summed E-state index contributed by atoms with van der Waals surface area (Å²) in [5.41, 5.74) is 0.717. The minimum atomic E-state index is -0.318. The minimum absolute atomic E-state index is 0.162. The van der Waals surface area contributed by atoms with Gasteiger partial charge >= 0.3 is 0 Å². The Kier molecular flexibility index (Phi) is 5.35. The number of nitriles is 1. The first kappa shape index (κ1) is 15.1. The van der Waals surface area contributed by atoms with Crippen molar-refractivity contribution in [3.05, 3.63) is 36.3 Å². The molecule has 0 bridgehead atoms. The lowest BCUT2D eigenvalue weighted by atomic mass is 10.2. The van der Waals surface area contributed by atoms with E-state index in [1.807, 2.05) is 6.07 Å². The molecule has 1 aromatic heterocycles. The van der Waals surface area contributed by atoms with Crippen molar-refractivity contribution in [3.8, 4) is 17.4 Å². The van der Waals surface area contributed by atoms with E-state index in [9.17, 15) is 9.18 Å². The zero-order valence-electron chi connectivity index (χ0n) is 11.0. The summed E-state index contributed by atoms with van der Waals surface area (Å²) in [4.78, 5) is 15.5. The molecule has 21 heavy (non-hydrogen) atoms. The van der Waals surface area contributed by atoms with E-state index in [2.05, 4.69) is 10.3 Å². The van der Waals surface area contributed by atoms with Crippen LogP contribution in [0.3, 0.4) is 0 Å². The van der Waals surface area contributed by atoms with Crippen LogP contribution in [-0.4, -0.2) is 23.2 Å². The average molecular weight is 305 g/mol. The van der Waals surface area contributed by atoms with Crippen molar-refractivity contribution in [2.75, 3.05) is 12.3 Å². The second kappa shape index (κ2) is 7.45. The predicted molar refractivity (Wildman–Crippen MR) is 75.9 cm³/mol. The highest BCUT2D eigenvalue weighted by Gasteiger charge is 2.09. The molecule has 0 unspecified atom stereocenters. The number of thioether (sulfide) groups is 1. The van der Waals surface area contributed by atoms with Gasteiger partial charge in [0.05, 0.1) is 24.4 Å². The summed E-state index contributed by atoms with van der Waals surface area (Å²) in [5.74, 6) is 0.176. The minimum Gasteiger partial charge on any atom is -0.431 e. The molecule has 0 fully saturated rings. The first-order valence-corrected chi connectivity index (χ1v) is 7.16. The Bertz CT molecular complexity index is 649. The van der Waals surface area contributed by atoms with Gasteiger partial charge in [0.2, 0.25) is 5.91 Å². The van der Waals surface area contributed by atoms with Crippen molar-refractivity contribution in [3.63, 3.8) is 0 Å². The highest BCUT2D eigenvalue weighted by molar-refractivity contribution is 7.99. The van der Waals surface area contributed by atoms with E-state index in [-0.39, 0.29) is 23.9 Å². The number of nitrogens with one attached hydrogen (secondary N) is 1. The van der Waals surface area contributed by atoms with Crippen LogP contribution in [-0.2, 0) is 4.79 Å². The molecule has 1 heterocycles. The van der Waals surface area contributed by atoms with Gasteiger partial charge in [0, 0.05) is 12.1 Å². The second-order valence-corrected chi connectivity index (χ2v) is 4.97. The van der Waals surface area contributed by atoms with E-state index < -0.39 is 0 Å². The molecule has 1 N–H and O–H groups in total. The number of hydrogen-bond donors (Lipinski definition) is 1.